The minimum atomic E-state index is -1.02. The van der Waals surface area contributed by atoms with Gasteiger partial charge in [0.2, 0.25) is 0 Å². The van der Waals surface area contributed by atoms with Crippen molar-refractivity contribution in [2.24, 2.45) is 0 Å². The van der Waals surface area contributed by atoms with E-state index in [1.54, 1.807) is 19.9 Å². The van der Waals surface area contributed by atoms with Crippen molar-refractivity contribution in [3.63, 3.8) is 0 Å². The van der Waals surface area contributed by atoms with Gasteiger partial charge >= 0.3 is 5.97 Å². The molecule has 7 heteroatoms. The Morgan fingerprint density at radius 1 is 1.40 bits per heavy atom. The number of hydrogen-bond acceptors (Lipinski definition) is 4. The molecule has 1 aromatic rings. The summed E-state index contributed by atoms with van der Waals surface area (Å²) in [6.45, 7) is 3.74. The quantitative estimate of drug-likeness (QED) is 0.633. The van der Waals surface area contributed by atoms with E-state index >= 15 is 0 Å². The number of nitro benzene ring substituents is 1. The summed E-state index contributed by atoms with van der Waals surface area (Å²) >= 11 is 0. The van der Waals surface area contributed by atoms with Gasteiger partial charge < -0.3 is 10.0 Å². The Bertz CT molecular complexity index is 542. The average molecular weight is 280 g/mol. The fraction of sp³-hybridized carbons (Fsp3) is 0.385. The van der Waals surface area contributed by atoms with Crippen LogP contribution in [-0.2, 0) is 4.79 Å². The molecule has 0 aromatic heterocycles. The molecule has 20 heavy (non-hydrogen) atoms. The van der Waals surface area contributed by atoms with Gasteiger partial charge in [0.15, 0.2) is 0 Å². The van der Waals surface area contributed by atoms with Crippen molar-refractivity contribution in [2.45, 2.75) is 20.3 Å². The third kappa shape index (κ3) is 3.78. The zero-order valence-corrected chi connectivity index (χ0v) is 11.3. The van der Waals surface area contributed by atoms with E-state index in [-0.39, 0.29) is 30.8 Å². The van der Waals surface area contributed by atoms with Crippen LogP contribution in [0.5, 0.6) is 0 Å². The van der Waals surface area contributed by atoms with Crippen LogP contribution in [0.4, 0.5) is 5.69 Å². The third-order valence-electron chi connectivity index (χ3n) is 2.84. The molecule has 0 saturated heterocycles. The highest BCUT2D eigenvalue weighted by molar-refractivity contribution is 5.98. The van der Waals surface area contributed by atoms with Gasteiger partial charge in [0, 0.05) is 19.2 Å². The molecule has 0 spiro atoms. The molecule has 7 nitrogen and oxygen atoms in total. The standard InChI is InChI=1S/C13H16N2O5/c1-3-14(7-6-12(16)17)13(18)10-8-9(2)4-5-11(10)15(19)20/h4-5,8H,3,6-7H2,1-2H3,(H,16,17). The summed E-state index contributed by atoms with van der Waals surface area (Å²) in [6.07, 6.45) is -0.195. The van der Waals surface area contributed by atoms with E-state index in [2.05, 4.69) is 0 Å². The summed E-state index contributed by atoms with van der Waals surface area (Å²) in [6, 6.07) is 4.29. The molecule has 0 saturated carbocycles. The van der Waals surface area contributed by atoms with Crippen molar-refractivity contribution >= 4 is 17.6 Å². The number of nitro groups is 1. The van der Waals surface area contributed by atoms with Crippen molar-refractivity contribution in [2.75, 3.05) is 13.1 Å². The van der Waals surface area contributed by atoms with Crippen LogP contribution in [0.1, 0.15) is 29.3 Å². The minimum absolute atomic E-state index is 0.0118. The number of benzene rings is 1. The maximum absolute atomic E-state index is 12.3. The van der Waals surface area contributed by atoms with Crippen molar-refractivity contribution in [1.82, 2.24) is 4.90 Å². The first-order valence-electron chi connectivity index (χ1n) is 6.13. The Morgan fingerprint density at radius 2 is 2.05 bits per heavy atom. The smallest absolute Gasteiger partial charge is 0.305 e. The number of aliphatic carboxylic acids is 1. The van der Waals surface area contributed by atoms with Crippen LogP contribution in [0, 0.1) is 17.0 Å². The van der Waals surface area contributed by atoms with Gasteiger partial charge in [-0.3, -0.25) is 19.7 Å². The number of carboxylic acid groups (broad SMARTS) is 1. The topological polar surface area (TPSA) is 101 Å². The summed E-state index contributed by atoms with van der Waals surface area (Å²) < 4.78 is 0. The zero-order valence-electron chi connectivity index (χ0n) is 11.3. The molecule has 1 rings (SSSR count). The largest absolute Gasteiger partial charge is 0.481 e. The molecule has 0 aliphatic carbocycles. The monoisotopic (exact) mass is 280 g/mol. The van der Waals surface area contributed by atoms with E-state index in [4.69, 9.17) is 5.11 Å². The number of amides is 1. The molecule has 0 aliphatic rings. The normalized spacial score (nSPS) is 10.1. The molecule has 0 radical (unpaired) electrons. The van der Waals surface area contributed by atoms with Crippen LogP contribution in [0.2, 0.25) is 0 Å². The van der Waals surface area contributed by atoms with E-state index < -0.39 is 16.8 Å². The summed E-state index contributed by atoms with van der Waals surface area (Å²) in [5.74, 6) is -1.54. The molecule has 0 heterocycles. The fourth-order valence-corrected chi connectivity index (χ4v) is 1.78. The maximum Gasteiger partial charge on any atom is 0.305 e. The average Bonchev–Trinajstić information content (AvgIpc) is 2.38. The van der Waals surface area contributed by atoms with Crippen molar-refractivity contribution < 1.29 is 19.6 Å². The number of carbonyl (C=O) groups is 2. The lowest BCUT2D eigenvalue weighted by molar-refractivity contribution is -0.385. The third-order valence-corrected chi connectivity index (χ3v) is 2.84. The summed E-state index contributed by atoms with van der Waals surface area (Å²) in [4.78, 5) is 34.5. The van der Waals surface area contributed by atoms with Gasteiger partial charge in [-0.05, 0) is 25.5 Å². The van der Waals surface area contributed by atoms with Gasteiger partial charge in [-0.15, -0.1) is 0 Å². The second-order valence-electron chi connectivity index (χ2n) is 4.31. The number of hydrogen-bond donors (Lipinski definition) is 1. The molecular formula is C13H16N2O5. The molecule has 1 N–H and O–H groups in total. The lowest BCUT2D eigenvalue weighted by atomic mass is 10.1. The van der Waals surface area contributed by atoms with Crippen LogP contribution in [0.25, 0.3) is 0 Å². The molecule has 0 aliphatic heterocycles. The Morgan fingerprint density at radius 3 is 2.55 bits per heavy atom. The molecule has 1 aromatic carbocycles. The molecule has 1 amide bonds. The van der Waals surface area contributed by atoms with Gasteiger partial charge in [-0.1, -0.05) is 6.07 Å². The number of nitrogens with zero attached hydrogens (tertiary/aromatic N) is 2. The number of carbonyl (C=O) groups excluding carboxylic acids is 1. The highest BCUT2D eigenvalue weighted by atomic mass is 16.6. The Kier molecular flexibility index (Phi) is 5.19. The molecule has 0 atom stereocenters. The maximum atomic E-state index is 12.3. The van der Waals surface area contributed by atoms with E-state index in [1.165, 1.54) is 17.0 Å². The van der Waals surface area contributed by atoms with E-state index in [0.717, 1.165) is 5.56 Å². The van der Waals surface area contributed by atoms with Gasteiger partial charge in [0.25, 0.3) is 11.6 Å². The minimum Gasteiger partial charge on any atom is -0.481 e. The lowest BCUT2D eigenvalue weighted by Crippen LogP contribution is -2.33. The van der Waals surface area contributed by atoms with Gasteiger partial charge in [-0.25, -0.2) is 0 Å². The summed E-state index contributed by atoms with van der Waals surface area (Å²) in [5.41, 5.74) is 0.449. The number of rotatable bonds is 6. The zero-order chi connectivity index (χ0) is 15.3. The predicted molar refractivity (Wildman–Crippen MR) is 71.7 cm³/mol. The van der Waals surface area contributed by atoms with Gasteiger partial charge in [-0.2, -0.15) is 0 Å². The number of aryl methyl sites for hydroxylation is 1. The molecular weight excluding hydrogens is 264 g/mol. The summed E-state index contributed by atoms with van der Waals surface area (Å²) in [5, 5.41) is 19.6. The van der Waals surface area contributed by atoms with Crippen LogP contribution in [-0.4, -0.2) is 39.9 Å². The first-order valence-corrected chi connectivity index (χ1v) is 6.13. The molecule has 0 bridgehead atoms. The fourth-order valence-electron chi connectivity index (χ4n) is 1.78. The SMILES string of the molecule is CCN(CCC(=O)O)C(=O)c1cc(C)ccc1[N+](=O)[O-]. The van der Waals surface area contributed by atoms with Crippen molar-refractivity contribution in [3.8, 4) is 0 Å². The first-order chi connectivity index (χ1) is 9.36. The first kappa shape index (κ1) is 15.6. The molecule has 0 unspecified atom stereocenters. The van der Waals surface area contributed by atoms with Crippen molar-refractivity contribution in [1.29, 1.82) is 0 Å². The molecule has 108 valence electrons. The highest BCUT2D eigenvalue weighted by Gasteiger charge is 2.24. The summed E-state index contributed by atoms with van der Waals surface area (Å²) in [7, 11) is 0. The van der Waals surface area contributed by atoms with Crippen molar-refractivity contribution in [3.05, 3.63) is 39.4 Å². The van der Waals surface area contributed by atoms with Gasteiger partial charge in [0.05, 0.1) is 11.3 Å². The van der Waals surface area contributed by atoms with Crippen LogP contribution >= 0.6 is 0 Å². The second kappa shape index (κ2) is 6.65. The van der Waals surface area contributed by atoms with E-state index in [1.807, 2.05) is 0 Å². The highest BCUT2D eigenvalue weighted by Crippen LogP contribution is 2.21. The van der Waals surface area contributed by atoms with Crippen LogP contribution in [0.3, 0.4) is 0 Å². The lowest BCUT2D eigenvalue weighted by Gasteiger charge is -2.20. The number of carboxylic acids is 1. The Balaban J connectivity index is 3.08. The predicted octanol–water partition coefficient (Wildman–Crippen LogP) is 1.84. The van der Waals surface area contributed by atoms with E-state index in [0.29, 0.717) is 0 Å². The van der Waals surface area contributed by atoms with Crippen LogP contribution < -0.4 is 0 Å². The Hall–Kier alpha value is -2.44. The molecule has 0 fully saturated rings. The van der Waals surface area contributed by atoms with Gasteiger partial charge in [0.1, 0.15) is 5.56 Å². The Labute approximate surface area is 116 Å². The van der Waals surface area contributed by atoms with E-state index in [9.17, 15) is 19.7 Å². The second-order valence-corrected chi connectivity index (χ2v) is 4.31. The van der Waals surface area contributed by atoms with Crippen LogP contribution in [0.15, 0.2) is 18.2 Å².